The van der Waals surface area contributed by atoms with Crippen LogP contribution in [0.3, 0.4) is 0 Å². The van der Waals surface area contributed by atoms with Gasteiger partial charge in [0.05, 0.1) is 31.0 Å². The van der Waals surface area contributed by atoms with Crippen LogP contribution < -0.4 is 19.2 Å². The van der Waals surface area contributed by atoms with Crippen molar-refractivity contribution in [2.75, 3.05) is 31.3 Å². The topological polar surface area (TPSA) is 140 Å². The molecule has 0 unspecified atom stereocenters. The summed E-state index contributed by atoms with van der Waals surface area (Å²) in [5.41, 5.74) is 2.37. The van der Waals surface area contributed by atoms with E-state index in [1.807, 2.05) is 30.5 Å². The molecule has 3 rings (SSSR count). The van der Waals surface area contributed by atoms with Crippen LogP contribution in [0.25, 0.3) is 0 Å². The van der Waals surface area contributed by atoms with Crippen molar-refractivity contribution in [2.45, 2.75) is 9.79 Å². The van der Waals surface area contributed by atoms with Gasteiger partial charge in [0.15, 0.2) is 4.90 Å². The van der Waals surface area contributed by atoms with E-state index in [0.29, 0.717) is 5.75 Å². The first-order valence-electron chi connectivity index (χ1n) is 10.7. The van der Waals surface area contributed by atoms with Crippen molar-refractivity contribution in [3.63, 3.8) is 0 Å². The molecule has 0 fully saturated rings. The Balaban J connectivity index is 1.98. The number of hydrogen-bond donors (Lipinski definition) is 1. The first kappa shape index (κ1) is 27.5. The molecule has 13 heteroatoms. The smallest absolute Gasteiger partial charge is 0.289 e. The van der Waals surface area contributed by atoms with Crippen LogP contribution >= 0.6 is 11.8 Å². The highest BCUT2D eigenvalue weighted by molar-refractivity contribution is 7.98. The fourth-order valence-corrected chi connectivity index (χ4v) is 5.27. The molecular weight excluding hydrogens is 520 g/mol. The summed E-state index contributed by atoms with van der Waals surface area (Å²) >= 11 is 1.58. The minimum absolute atomic E-state index is 0.0202. The van der Waals surface area contributed by atoms with Crippen molar-refractivity contribution in [1.29, 1.82) is 0 Å². The van der Waals surface area contributed by atoms with E-state index in [0.717, 1.165) is 26.9 Å². The van der Waals surface area contributed by atoms with Crippen LogP contribution in [0.2, 0.25) is 0 Å². The predicted octanol–water partition coefficient (Wildman–Crippen LogP) is 3.68. The maximum absolute atomic E-state index is 13.7. The van der Waals surface area contributed by atoms with Crippen molar-refractivity contribution in [3.8, 4) is 11.5 Å². The predicted molar refractivity (Wildman–Crippen MR) is 141 cm³/mol. The number of nitro groups is 1. The number of amides is 1. The summed E-state index contributed by atoms with van der Waals surface area (Å²) < 4.78 is 38.6. The number of nitrogens with zero attached hydrogens (tertiary/aromatic N) is 3. The molecule has 0 saturated heterocycles. The summed E-state index contributed by atoms with van der Waals surface area (Å²) in [5, 5.41) is 15.5. The molecule has 0 heterocycles. The number of ether oxygens (including phenoxy) is 2. The third-order valence-corrected chi connectivity index (χ3v) is 7.64. The minimum atomic E-state index is -4.61. The zero-order chi connectivity index (χ0) is 27.0. The number of benzene rings is 3. The second-order valence-corrected chi connectivity index (χ2v) is 10.1. The molecule has 1 N–H and O–H groups in total. The number of sulfonamides is 1. The van der Waals surface area contributed by atoms with Crippen LogP contribution in [-0.2, 0) is 14.8 Å². The van der Waals surface area contributed by atoms with E-state index in [-0.39, 0.29) is 11.4 Å². The lowest BCUT2D eigenvalue weighted by Crippen LogP contribution is -2.40. The number of para-hydroxylation sites is 1. The average molecular weight is 545 g/mol. The van der Waals surface area contributed by atoms with Crippen molar-refractivity contribution < 1.29 is 27.6 Å². The van der Waals surface area contributed by atoms with Gasteiger partial charge in [-0.25, -0.2) is 13.8 Å². The molecule has 3 aromatic rings. The average Bonchev–Trinajstić information content (AvgIpc) is 2.91. The van der Waals surface area contributed by atoms with Crippen LogP contribution in [0.15, 0.2) is 81.6 Å². The Labute approximate surface area is 218 Å². The van der Waals surface area contributed by atoms with Gasteiger partial charge in [0.25, 0.3) is 21.6 Å². The highest BCUT2D eigenvalue weighted by Crippen LogP contribution is 2.37. The van der Waals surface area contributed by atoms with Crippen LogP contribution in [0.4, 0.5) is 11.4 Å². The molecule has 0 spiro atoms. The summed E-state index contributed by atoms with van der Waals surface area (Å²) in [6.45, 7) is -0.736. The number of nitrogens with one attached hydrogen (secondary N) is 1. The van der Waals surface area contributed by atoms with E-state index in [1.54, 1.807) is 11.8 Å². The second kappa shape index (κ2) is 12.2. The minimum Gasteiger partial charge on any atom is -0.497 e. The zero-order valence-corrected chi connectivity index (χ0v) is 21.8. The second-order valence-electron chi connectivity index (χ2n) is 7.34. The monoisotopic (exact) mass is 544 g/mol. The van der Waals surface area contributed by atoms with Crippen molar-refractivity contribution >= 4 is 45.3 Å². The van der Waals surface area contributed by atoms with E-state index in [2.05, 4.69) is 10.5 Å². The molecule has 0 aromatic heterocycles. The molecule has 0 aliphatic rings. The van der Waals surface area contributed by atoms with Gasteiger partial charge in [0.1, 0.15) is 18.0 Å². The van der Waals surface area contributed by atoms with Gasteiger partial charge in [0.2, 0.25) is 0 Å². The highest BCUT2D eigenvalue weighted by Gasteiger charge is 2.34. The van der Waals surface area contributed by atoms with Crippen LogP contribution in [-0.4, -0.2) is 52.5 Å². The maximum atomic E-state index is 13.7. The van der Waals surface area contributed by atoms with Crippen molar-refractivity contribution in [1.82, 2.24) is 5.43 Å². The molecule has 0 bridgehead atoms. The quantitative estimate of drug-likeness (QED) is 0.167. The lowest BCUT2D eigenvalue weighted by molar-refractivity contribution is -0.387. The van der Waals surface area contributed by atoms with E-state index in [4.69, 9.17) is 9.47 Å². The van der Waals surface area contributed by atoms with Crippen molar-refractivity contribution in [2.24, 2.45) is 5.10 Å². The lowest BCUT2D eigenvalue weighted by atomic mass is 10.2. The van der Waals surface area contributed by atoms with Crippen molar-refractivity contribution in [3.05, 3.63) is 82.4 Å². The number of hydrazone groups is 1. The molecule has 11 nitrogen and oxygen atoms in total. The molecular formula is C24H24N4O7S2. The van der Waals surface area contributed by atoms with E-state index in [9.17, 15) is 23.3 Å². The number of nitro benzene ring substituents is 1. The zero-order valence-electron chi connectivity index (χ0n) is 20.2. The molecule has 194 valence electrons. The van der Waals surface area contributed by atoms with Gasteiger partial charge < -0.3 is 9.47 Å². The fraction of sp³-hybridized carbons (Fsp3) is 0.167. The van der Waals surface area contributed by atoms with E-state index in [1.165, 1.54) is 50.8 Å². The van der Waals surface area contributed by atoms with Gasteiger partial charge in [-0.1, -0.05) is 24.3 Å². The highest BCUT2D eigenvalue weighted by atomic mass is 32.2. The summed E-state index contributed by atoms with van der Waals surface area (Å²) in [4.78, 5) is 24.0. The molecule has 0 saturated carbocycles. The lowest BCUT2D eigenvalue weighted by Gasteiger charge is -2.25. The van der Waals surface area contributed by atoms with Gasteiger partial charge in [-0.15, -0.1) is 11.8 Å². The first-order chi connectivity index (χ1) is 17.7. The van der Waals surface area contributed by atoms with E-state index >= 15 is 0 Å². The molecule has 0 atom stereocenters. The number of anilines is 1. The van der Waals surface area contributed by atoms with Crippen LogP contribution in [0.5, 0.6) is 11.5 Å². The molecule has 1 amide bonds. The number of rotatable bonds is 11. The molecule has 3 aromatic carbocycles. The SMILES string of the molecule is COc1ccc(N(CC(=O)N/N=C\c2ccc(SC)cc2)S(=O)(=O)c2ccccc2[N+](=O)[O-])c(OC)c1. The standard InChI is InChI=1S/C24H24N4O7S2/c1-34-18-10-13-20(22(14-18)35-2)27(37(32,33)23-7-5-4-6-21(23)28(30)31)16-24(29)26-25-15-17-8-11-19(36-3)12-9-17/h4-15H,16H2,1-3H3,(H,26,29)/b25-15-. The van der Waals surface area contributed by atoms with Crippen LogP contribution in [0, 0.1) is 10.1 Å². The molecule has 0 aliphatic heterocycles. The van der Waals surface area contributed by atoms with Gasteiger partial charge in [-0.3, -0.25) is 19.2 Å². The maximum Gasteiger partial charge on any atom is 0.289 e. The number of methoxy groups -OCH3 is 2. The van der Waals surface area contributed by atoms with Gasteiger partial charge >= 0.3 is 0 Å². The molecule has 0 aliphatic carbocycles. The summed E-state index contributed by atoms with van der Waals surface area (Å²) in [5.74, 6) is -0.325. The number of carbonyl (C=O) groups is 1. The first-order valence-corrected chi connectivity index (χ1v) is 13.3. The fourth-order valence-electron chi connectivity index (χ4n) is 3.27. The van der Waals surface area contributed by atoms with Gasteiger partial charge in [0, 0.05) is 17.0 Å². The Morgan fingerprint density at radius 3 is 2.43 bits per heavy atom. The Bertz CT molecular complexity index is 1410. The normalized spacial score (nSPS) is 11.2. The Morgan fingerprint density at radius 1 is 1.11 bits per heavy atom. The molecule has 37 heavy (non-hydrogen) atoms. The largest absolute Gasteiger partial charge is 0.497 e. The Morgan fingerprint density at radius 2 is 1.81 bits per heavy atom. The third kappa shape index (κ3) is 6.57. The number of carbonyl (C=O) groups excluding carboxylic acids is 1. The summed E-state index contributed by atoms with van der Waals surface area (Å²) in [7, 11) is -1.86. The Kier molecular flexibility index (Phi) is 9.09. The van der Waals surface area contributed by atoms with Crippen LogP contribution in [0.1, 0.15) is 5.56 Å². The van der Waals surface area contributed by atoms with E-state index < -0.39 is 38.0 Å². The van der Waals surface area contributed by atoms with Gasteiger partial charge in [-0.2, -0.15) is 5.10 Å². The summed E-state index contributed by atoms with van der Waals surface area (Å²) in [6, 6.07) is 16.6. The number of thioether (sulfide) groups is 1. The Hall–Kier alpha value is -4.10. The molecule has 0 radical (unpaired) electrons. The van der Waals surface area contributed by atoms with Gasteiger partial charge in [-0.05, 0) is 42.2 Å². The summed E-state index contributed by atoms with van der Waals surface area (Å²) in [6.07, 6.45) is 3.36. The number of hydrogen-bond acceptors (Lipinski definition) is 9. The third-order valence-electron chi connectivity index (χ3n) is 5.09.